The molecule has 0 radical (unpaired) electrons. The zero-order chi connectivity index (χ0) is 14.4. The zero-order valence-corrected chi connectivity index (χ0v) is 12.8. The maximum absolute atomic E-state index is 5.28. The van der Waals surface area contributed by atoms with E-state index in [0.717, 1.165) is 24.0 Å². The Morgan fingerprint density at radius 2 is 2.20 bits per heavy atom. The van der Waals surface area contributed by atoms with E-state index in [2.05, 4.69) is 51.5 Å². The normalized spacial score (nSPS) is 11.9. The predicted molar refractivity (Wildman–Crippen MR) is 81.9 cm³/mol. The largest absolute Gasteiger partial charge is 0.359 e. The molecule has 0 fully saturated rings. The fourth-order valence-electron chi connectivity index (χ4n) is 1.65. The van der Waals surface area contributed by atoms with Crippen LogP contribution < -0.4 is 10.6 Å². The van der Waals surface area contributed by atoms with Crippen LogP contribution in [-0.2, 0) is 13.1 Å². The van der Waals surface area contributed by atoms with Gasteiger partial charge in [-0.1, -0.05) is 19.0 Å². The van der Waals surface area contributed by atoms with Gasteiger partial charge in [0, 0.05) is 19.7 Å². The molecule has 2 rings (SSSR count). The van der Waals surface area contributed by atoms with Crippen LogP contribution in [0.4, 0.5) is 0 Å². The van der Waals surface area contributed by atoms with E-state index in [-0.39, 0.29) is 0 Å². The number of aliphatic imine (C=N–C) groups is 1. The van der Waals surface area contributed by atoms with Gasteiger partial charge < -0.3 is 15.2 Å². The van der Waals surface area contributed by atoms with E-state index in [9.17, 15) is 0 Å². The van der Waals surface area contributed by atoms with Gasteiger partial charge in [-0.3, -0.25) is 4.99 Å². The molecule has 5 nitrogen and oxygen atoms in total. The first-order valence-electron chi connectivity index (χ1n) is 6.60. The van der Waals surface area contributed by atoms with Gasteiger partial charge in [0.15, 0.2) is 11.7 Å². The summed E-state index contributed by atoms with van der Waals surface area (Å²) in [4.78, 5) is 4.18. The van der Waals surface area contributed by atoms with Crippen molar-refractivity contribution in [3.8, 4) is 0 Å². The van der Waals surface area contributed by atoms with Crippen LogP contribution in [0.15, 0.2) is 32.4 Å². The Morgan fingerprint density at radius 1 is 1.40 bits per heavy atom. The van der Waals surface area contributed by atoms with E-state index >= 15 is 0 Å². The Bertz CT molecular complexity index is 545. The molecular weight excluding hydrogens is 272 g/mol. The Balaban J connectivity index is 1.81. The van der Waals surface area contributed by atoms with Crippen molar-refractivity contribution < 1.29 is 4.52 Å². The van der Waals surface area contributed by atoms with Crippen LogP contribution in [0.2, 0.25) is 0 Å². The molecule has 0 amide bonds. The third-order valence-corrected chi connectivity index (χ3v) is 3.59. The van der Waals surface area contributed by atoms with Gasteiger partial charge in [-0.2, -0.15) is 11.3 Å². The number of guanidine groups is 1. The first-order chi connectivity index (χ1) is 9.69. The third-order valence-electron chi connectivity index (χ3n) is 2.86. The van der Waals surface area contributed by atoms with Crippen molar-refractivity contribution in [1.29, 1.82) is 0 Å². The summed E-state index contributed by atoms with van der Waals surface area (Å²) in [6, 6.07) is 4.07. The van der Waals surface area contributed by atoms with Crippen LogP contribution in [0.1, 0.15) is 36.8 Å². The highest BCUT2D eigenvalue weighted by atomic mass is 32.1. The molecule has 0 saturated carbocycles. The average Bonchev–Trinajstić information content (AvgIpc) is 3.10. The van der Waals surface area contributed by atoms with Crippen molar-refractivity contribution in [1.82, 2.24) is 15.8 Å². The van der Waals surface area contributed by atoms with Crippen molar-refractivity contribution in [2.75, 3.05) is 7.05 Å². The lowest BCUT2D eigenvalue weighted by Crippen LogP contribution is -2.36. The Hall–Kier alpha value is -1.82. The molecular formula is C14H20N4OS. The minimum Gasteiger partial charge on any atom is -0.359 e. The second-order valence-corrected chi connectivity index (χ2v) is 5.56. The van der Waals surface area contributed by atoms with Crippen molar-refractivity contribution in [2.24, 2.45) is 4.99 Å². The van der Waals surface area contributed by atoms with Crippen molar-refractivity contribution in [3.63, 3.8) is 0 Å². The zero-order valence-electron chi connectivity index (χ0n) is 12.0. The van der Waals surface area contributed by atoms with Crippen LogP contribution in [0.25, 0.3) is 0 Å². The summed E-state index contributed by atoms with van der Waals surface area (Å²) >= 11 is 1.69. The molecule has 0 unspecified atom stereocenters. The summed E-state index contributed by atoms with van der Waals surface area (Å²) in [5.74, 6) is 1.94. The van der Waals surface area contributed by atoms with Gasteiger partial charge in [0.1, 0.15) is 0 Å². The lowest BCUT2D eigenvalue weighted by Gasteiger charge is -2.09. The van der Waals surface area contributed by atoms with Gasteiger partial charge in [-0.25, -0.2) is 0 Å². The number of rotatable bonds is 5. The Kier molecular flexibility index (Phi) is 5.17. The van der Waals surface area contributed by atoms with Crippen LogP contribution >= 0.6 is 11.3 Å². The maximum Gasteiger partial charge on any atom is 0.191 e. The molecule has 0 saturated heterocycles. The van der Waals surface area contributed by atoms with E-state index in [4.69, 9.17) is 4.52 Å². The molecule has 2 N–H and O–H groups in total. The number of hydrogen-bond donors (Lipinski definition) is 2. The molecule has 0 aliphatic heterocycles. The predicted octanol–water partition coefficient (Wildman–Crippen LogP) is 2.72. The van der Waals surface area contributed by atoms with Crippen LogP contribution in [0.3, 0.4) is 0 Å². The van der Waals surface area contributed by atoms with E-state index in [1.807, 2.05) is 6.07 Å². The first kappa shape index (κ1) is 14.6. The van der Waals surface area contributed by atoms with Gasteiger partial charge >= 0.3 is 0 Å². The summed E-state index contributed by atoms with van der Waals surface area (Å²) in [6.07, 6.45) is 0. The molecule has 0 atom stereocenters. The molecule has 2 aromatic rings. The number of nitrogens with zero attached hydrogens (tertiary/aromatic N) is 2. The standard InChI is InChI=1S/C14H20N4OS/c1-10(2)13-6-12(19-18-13)8-17-14(15-3)16-7-11-4-5-20-9-11/h4-6,9-10H,7-8H2,1-3H3,(H2,15,16,17). The number of thiophene rings is 1. The minimum atomic E-state index is 0.378. The highest BCUT2D eigenvalue weighted by Crippen LogP contribution is 2.13. The molecule has 20 heavy (non-hydrogen) atoms. The third kappa shape index (κ3) is 4.09. The molecule has 2 heterocycles. The molecule has 0 aliphatic carbocycles. The second kappa shape index (κ2) is 7.09. The van der Waals surface area contributed by atoms with E-state index < -0.39 is 0 Å². The molecule has 0 bridgehead atoms. The van der Waals surface area contributed by atoms with Crippen molar-refractivity contribution in [3.05, 3.63) is 39.9 Å². The van der Waals surface area contributed by atoms with E-state index in [1.165, 1.54) is 5.56 Å². The van der Waals surface area contributed by atoms with E-state index in [1.54, 1.807) is 18.4 Å². The quantitative estimate of drug-likeness (QED) is 0.657. The monoisotopic (exact) mass is 292 g/mol. The number of nitrogens with one attached hydrogen (secondary N) is 2. The smallest absolute Gasteiger partial charge is 0.191 e. The summed E-state index contributed by atoms with van der Waals surface area (Å²) < 4.78 is 5.28. The lowest BCUT2D eigenvalue weighted by molar-refractivity contribution is 0.372. The van der Waals surface area contributed by atoms with Crippen LogP contribution in [-0.4, -0.2) is 18.2 Å². The summed E-state index contributed by atoms with van der Waals surface area (Å²) in [5, 5.41) is 14.7. The van der Waals surface area contributed by atoms with Crippen molar-refractivity contribution >= 4 is 17.3 Å². The highest BCUT2D eigenvalue weighted by molar-refractivity contribution is 7.07. The molecule has 2 aromatic heterocycles. The topological polar surface area (TPSA) is 62.5 Å². The van der Waals surface area contributed by atoms with E-state index in [0.29, 0.717) is 12.5 Å². The minimum absolute atomic E-state index is 0.378. The molecule has 0 aromatic carbocycles. The highest BCUT2D eigenvalue weighted by Gasteiger charge is 2.08. The summed E-state index contributed by atoms with van der Waals surface area (Å²) in [7, 11) is 1.75. The maximum atomic E-state index is 5.28. The first-order valence-corrected chi connectivity index (χ1v) is 7.54. The lowest BCUT2D eigenvalue weighted by atomic mass is 10.1. The van der Waals surface area contributed by atoms with Gasteiger partial charge in [-0.05, 0) is 28.3 Å². The van der Waals surface area contributed by atoms with Gasteiger partial charge in [0.2, 0.25) is 0 Å². The van der Waals surface area contributed by atoms with Gasteiger partial charge in [-0.15, -0.1) is 0 Å². The van der Waals surface area contributed by atoms with Gasteiger partial charge in [0.05, 0.1) is 12.2 Å². The molecule has 108 valence electrons. The second-order valence-electron chi connectivity index (χ2n) is 4.78. The SMILES string of the molecule is CN=C(NCc1ccsc1)NCc1cc(C(C)C)no1. The fourth-order valence-corrected chi connectivity index (χ4v) is 2.32. The summed E-state index contributed by atoms with van der Waals surface area (Å²) in [5.41, 5.74) is 2.22. The van der Waals surface area contributed by atoms with Crippen LogP contribution in [0, 0.1) is 0 Å². The molecule has 6 heteroatoms. The summed E-state index contributed by atoms with van der Waals surface area (Å²) in [6.45, 7) is 5.52. The molecule has 0 spiro atoms. The number of hydrogen-bond acceptors (Lipinski definition) is 4. The Labute approximate surface area is 123 Å². The molecule has 0 aliphatic rings. The number of aromatic nitrogens is 1. The van der Waals surface area contributed by atoms with Crippen molar-refractivity contribution in [2.45, 2.75) is 32.9 Å². The van der Waals surface area contributed by atoms with Crippen LogP contribution in [0.5, 0.6) is 0 Å². The fraction of sp³-hybridized carbons (Fsp3) is 0.429. The Morgan fingerprint density at radius 3 is 2.80 bits per heavy atom. The van der Waals surface area contributed by atoms with Gasteiger partial charge in [0.25, 0.3) is 0 Å². The average molecular weight is 292 g/mol.